The van der Waals surface area contributed by atoms with Gasteiger partial charge in [-0.1, -0.05) is 31.9 Å². The second-order valence-electron chi connectivity index (χ2n) is 6.32. The molecule has 2 aromatic rings. The average molecular weight is 300 g/mol. The highest BCUT2D eigenvalue weighted by Crippen LogP contribution is 2.23. The number of rotatable bonds is 4. The van der Waals surface area contributed by atoms with Crippen molar-refractivity contribution in [1.29, 1.82) is 0 Å². The number of urea groups is 1. The number of nitrogens with zero attached hydrogens (tertiary/aromatic N) is 1. The normalized spacial score (nSPS) is 21.7. The van der Waals surface area contributed by atoms with E-state index in [0.717, 1.165) is 35.6 Å². The molecule has 1 aliphatic rings. The van der Waals surface area contributed by atoms with Crippen LogP contribution in [0.15, 0.2) is 24.3 Å². The molecule has 3 rings (SSSR count). The number of fused-ring (bicyclic) bond motifs is 1. The van der Waals surface area contributed by atoms with Crippen molar-refractivity contribution in [3.05, 3.63) is 30.1 Å². The SMILES string of the molecule is CC1CCCC(NC(=O)NCCc2nc3ccccc3[nH]2)C1. The molecular weight excluding hydrogens is 276 g/mol. The van der Waals surface area contributed by atoms with Gasteiger partial charge in [-0.2, -0.15) is 0 Å². The monoisotopic (exact) mass is 300 g/mol. The minimum absolute atomic E-state index is 0.0600. The summed E-state index contributed by atoms with van der Waals surface area (Å²) >= 11 is 0. The number of amides is 2. The van der Waals surface area contributed by atoms with Gasteiger partial charge in [0.25, 0.3) is 0 Å². The van der Waals surface area contributed by atoms with Gasteiger partial charge in [-0.25, -0.2) is 9.78 Å². The molecule has 1 fully saturated rings. The summed E-state index contributed by atoms with van der Waals surface area (Å²) in [6, 6.07) is 8.23. The lowest BCUT2D eigenvalue weighted by molar-refractivity contribution is 0.227. The minimum Gasteiger partial charge on any atom is -0.342 e. The topological polar surface area (TPSA) is 69.8 Å². The lowest BCUT2D eigenvalue weighted by Gasteiger charge is -2.27. The van der Waals surface area contributed by atoms with Crippen LogP contribution in [0.5, 0.6) is 0 Å². The van der Waals surface area contributed by atoms with Crippen LogP contribution in [-0.4, -0.2) is 28.6 Å². The van der Waals surface area contributed by atoms with E-state index in [2.05, 4.69) is 27.5 Å². The van der Waals surface area contributed by atoms with Crippen molar-refractivity contribution in [3.8, 4) is 0 Å². The Bertz CT molecular complexity index is 603. The van der Waals surface area contributed by atoms with Crippen LogP contribution < -0.4 is 10.6 Å². The number of aromatic amines is 1. The number of hydrogen-bond acceptors (Lipinski definition) is 2. The molecule has 118 valence electrons. The van der Waals surface area contributed by atoms with Gasteiger partial charge in [-0.3, -0.25) is 0 Å². The Morgan fingerprint density at radius 2 is 2.23 bits per heavy atom. The number of carbonyl (C=O) groups excluding carboxylic acids is 1. The van der Waals surface area contributed by atoms with Gasteiger partial charge >= 0.3 is 6.03 Å². The van der Waals surface area contributed by atoms with E-state index in [1.54, 1.807) is 0 Å². The molecule has 1 aromatic heterocycles. The van der Waals surface area contributed by atoms with Gasteiger partial charge in [0.15, 0.2) is 0 Å². The van der Waals surface area contributed by atoms with Gasteiger partial charge in [-0.15, -0.1) is 0 Å². The maximum Gasteiger partial charge on any atom is 0.315 e. The summed E-state index contributed by atoms with van der Waals surface area (Å²) < 4.78 is 0. The van der Waals surface area contributed by atoms with Crippen molar-refractivity contribution in [2.45, 2.75) is 45.1 Å². The van der Waals surface area contributed by atoms with Gasteiger partial charge < -0.3 is 15.6 Å². The fourth-order valence-corrected chi connectivity index (χ4v) is 3.22. The summed E-state index contributed by atoms with van der Waals surface area (Å²) in [4.78, 5) is 19.7. The fourth-order valence-electron chi connectivity index (χ4n) is 3.22. The van der Waals surface area contributed by atoms with E-state index < -0.39 is 0 Å². The van der Waals surface area contributed by atoms with Crippen LogP contribution in [0.4, 0.5) is 4.79 Å². The highest BCUT2D eigenvalue weighted by Gasteiger charge is 2.20. The zero-order valence-corrected chi connectivity index (χ0v) is 13.1. The molecule has 0 saturated heterocycles. The summed E-state index contributed by atoms with van der Waals surface area (Å²) in [6.45, 7) is 2.85. The number of nitrogens with one attached hydrogen (secondary N) is 3. The molecule has 2 atom stereocenters. The smallest absolute Gasteiger partial charge is 0.315 e. The second kappa shape index (κ2) is 6.81. The predicted molar refractivity (Wildman–Crippen MR) is 87.8 cm³/mol. The van der Waals surface area contributed by atoms with Crippen LogP contribution in [0.1, 0.15) is 38.4 Å². The number of aromatic nitrogens is 2. The molecule has 5 heteroatoms. The predicted octanol–water partition coefficient (Wildman–Crippen LogP) is 2.98. The van der Waals surface area contributed by atoms with E-state index in [0.29, 0.717) is 19.0 Å². The Morgan fingerprint density at radius 1 is 1.36 bits per heavy atom. The molecular formula is C17H24N4O. The summed E-state index contributed by atoms with van der Waals surface area (Å²) in [5.41, 5.74) is 2.01. The van der Waals surface area contributed by atoms with Crippen molar-refractivity contribution in [1.82, 2.24) is 20.6 Å². The molecule has 1 aromatic carbocycles. The molecule has 3 N–H and O–H groups in total. The number of hydrogen-bond donors (Lipinski definition) is 3. The fraction of sp³-hybridized carbons (Fsp3) is 0.529. The van der Waals surface area contributed by atoms with Gasteiger partial charge in [0.2, 0.25) is 0 Å². The molecule has 0 radical (unpaired) electrons. The van der Waals surface area contributed by atoms with E-state index in [1.165, 1.54) is 12.8 Å². The first-order valence-electron chi connectivity index (χ1n) is 8.18. The highest BCUT2D eigenvalue weighted by molar-refractivity contribution is 5.75. The minimum atomic E-state index is -0.0600. The first-order valence-corrected chi connectivity index (χ1v) is 8.18. The van der Waals surface area contributed by atoms with Crippen molar-refractivity contribution in [3.63, 3.8) is 0 Å². The number of carbonyl (C=O) groups is 1. The van der Waals surface area contributed by atoms with Gasteiger partial charge in [0, 0.05) is 19.0 Å². The van der Waals surface area contributed by atoms with Crippen molar-refractivity contribution < 1.29 is 4.79 Å². The Morgan fingerprint density at radius 3 is 3.05 bits per heavy atom. The van der Waals surface area contributed by atoms with Crippen molar-refractivity contribution >= 4 is 17.1 Å². The molecule has 1 aliphatic carbocycles. The molecule has 2 amide bonds. The van der Waals surface area contributed by atoms with Gasteiger partial charge in [0.1, 0.15) is 5.82 Å². The molecule has 0 bridgehead atoms. The summed E-state index contributed by atoms with van der Waals surface area (Å²) in [5.74, 6) is 1.63. The van der Waals surface area contributed by atoms with E-state index >= 15 is 0 Å². The molecule has 1 saturated carbocycles. The molecule has 2 unspecified atom stereocenters. The summed E-state index contributed by atoms with van der Waals surface area (Å²) in [7, 11) is 0. The zero-order valence-electron chi connectivity index (χ0n) is 13.1. The van der Waals surface area contributed by atoms with Gasteiger partial charge in [-0.05, 0) is 30.9 Å². The third-order valence-electron chi connectivity index (χ3n) is 4.36. The standard InChI is InChI=1S/C17H24N4O/c1-12-5-4-6-13(11-12)19-17(22)18-10-9-16-20-14-7-2-3-8-15(14)21-16/h2-3,7-8,12-13H,4-6,9-11H2,1H3,(H,20,21)(H2,18,19,22). The van der Waals surface area contributed by atoms with Crippen molar-refractivity contribution in [2.75, 3.05) is 6.54 Å². The van der Waals surface area contributed by atoms with Crippen LogP contribution in [0.2, 0.25) is 0 Å². The molecule has 22 heavy (non-hydrogen) atoms. The Kier molecular flexibility index (Phi) is 4.61. The third-order valence-corrected chi connectivity index (χ3v) is 4.36. The third kappa shape index (κ3) is 3.78. The average Bonchev–Trinajstić information content (AvgIpc) is 2.90. The number of para-hydroxylation sites is 2. The van der Waals surface area contributed by atoms with E-state index in [-0.39, 0.29) is 6.03 Å². The summed E-state index contributed by atoms with van der Waals surface area (Å²) in [5, 5.41) is 6.01. The number of H-pyrrole nitrogens is 1. The quantitative estimate of drug-likeness (QED) is 0.812. The van der Waals surface area contributed by atoms with Crippen LogP contribution in [-0.2, 0) is 6.42 Å². The van der Waals surface area contributed by atoms with Crippen LogP contribution >= 0.6 is 0 Å². The summed E-state index contributed by atoms with van der Waals surface area (Å²) in [6.07, 6.45) is 5.40. The van der Waals surface area contributed by atoms with E-state index in [9.17, 15) is 4.79 Å². The second-order valence-corrected chi connectivity index (χ2v) is 6.32. The molecule has 0 aliphatic heterocycles. The Hall–Kier alpha value is -2.04. The number of imidazole rings is 1. The first kappa shape index (κ1) is 14.9. The molecule has 0 spiro atoms. The highest BCUT2D eigenvalue weighted by atomic mass is 16.2. The largest absolute Gasteiger partial charge is 0.342 e. The maximum absolute atomic E-state index is 11.9. The first-order chi connectivity index (χ1) is 10.7. The maximum atomic E-state index is 11.9. The van der Waals surface area contributed by atoms with E-state index in [4.69, 9.17) is 0 Å². The molecule has 1 heterocycles. The number of benzene rings is 1. The van der Waals surface area contributed by atoms with E-state index in [1.807, 2.05) is 24.3 Å². The Balaban J connectivity index is 1.43. The van der Waals surface area contributed by atoms with Crippen molar-refractivity contribution in [2.24, 2.45) is 5.92 Å². The molecule has 5 nitrogen and oxygen atoms in total. The lowest BCUT2D eigenvalue weighted by Crippen LogP contribution is -2.44. The zero-order chi connectivity index (χ0) is 15.4. The van der Waals surface area contributed by atoms with Gasteiger partial charge in [0.05, 0.1) is 11.0 Å². The van der Waals surface area contributed by atoms with Crippen LogP contribution in [0.3, 0.4) is 0 Å². The lowest BCUT2D eigenvalue weighted by atomic mass is 9.87. The van der Waals surface area contributed by atoms with Crippen LogP contribution in [0, 0.1) is 5.92 Å². The van der Waals surface area contributed by atoms with Crippen LogP contribution in [0.25, 0.3) is 11.0 Å². The Labute approximate surface area is 130 Å².